The van der Waals surface area contributed by atoms with Crippen molar-refractivity contribution in [2.24, 2.45) is 0 Å². The Balaban J connectivity index is 1.86. The van der Waals surface area contributed by atoms with Crippen LogP contribution < -0.4 is 5.43 Å². The first-order valence-electron chi connectivity index (χ1n) is 7.55. The molecule has 110 valence electrons. The third-order valence-corrected chi connectivity index (χ3v) is 4.50. The summed E-state index contributed by atoms with van der Waals surface area (Å²) in [6.07, 6.45) is 8.51. The monoisotopic (exact) mass is 294 g/mol. The quantitative estimate of drug-likeness (QED) is 0.585. The van der Waals surface area contributed by atoms with Gasteiger partial charge < -0.3 is 9.72 Å². The first kappa shape index (κ1) is 12.1. The van der Waals surface area contributed by atoms with Gasteiger partial charge in [-0.15, -0.1) is 0 Å². The van der Waals surface area contributed by atoms with Gasteiger partial charge in [-0.3, -0.25) is 4.79 Å². The van der Waals surface area contributed by atoms with Crippen LogP contribution in [0.2, 0.25) is 0 Å². The second kappa shape index (κ2) is 4.27. The summed E-state index contributed by atoms with van der Waals surface area (Å²) in [6, 6.07) is 1.98. The molecule has 6 heteroatoms. The SMILES string of the molecule is O=c1c2cnc3[nH]ccc(c4cn(C5CCCCO5)nc14)c32. The molecule has 1 aliphatic heterocycles. The first-order chi connectivity index (χ1) is 10.8. The number of pyridine rings is 1. The molecule has 22 heavy (non-hydrogen) atoms. The van der Waals surface area contributed by atoms with Crippen molar-refractivity contribution in [1.29, 1.82) is 0 Å². The van der Waals surface area contributed by atoms with Crippen molar-refractivity contribution >= 4 is 32.7 Å². The van der Waals surface area contributed by atoms with E-state index in [1.54, 1.807) is 6.20 Å². The Kier molecular flexibility index (Phi) is 2.35. The fourth-order valence-corrected chi connectivity index (χ4v) is 3.42. The normalized spacial score (nSPS) is 19.5. The summed E-state index contributed by atoms with van der Waals surface area (Å²) in [6.45, 7) is 0.753. The molecule has 1 fully saturated rings. The van der Waals surface area contributed by atoms with Crippen LogP contribution >= 0.6 is 0 Å². The highest BCUT2D eigenvalue weighted by Crippen LogP contribution is 2.30. The van der Waals surface area contributed by atoms with Crippen molar-refractivity contribution in [3.05, 3.63) is 34.9 Å². The zero-order valence-corrected chi connectivity index (χ0v) is 11.9. The summed E-state index contributed by atoms with van der Waals surface area (Å²) in [4.78, 5) is 20.0. The number of aromatic amines is 1. The highest BCUT2D eigenvalue weighted by atomic mass is 16.5. The highest BCUT2D eigenvalue weighted by molar-refractivity contribution is 6.19. The van der Waals surface area contributed by atoms with Crippen LogP contribution in [0.5, 0.6) is 0 Å². The van der Waals surface area contributed by atoms with Gasteiger partial charge in [-0.1, -0.05) is 0 Å². The summed E-state index contributed by atoms with van der Waals surface area (Å²) in [5.74, 6) is 0. The number of ether oxygens (including phenoxy) is 1. The summed E-state index contributed by atoms with van der Waals surface area (Å²) in [7, 11) is 0. The molecule has 0 aliphatic carbocycles. The van der Waals surface area contributed by atoms with Crippen LogP contribution in [0.1, 0.15) is 25.5 Å². The fourth-order valence-electron chi connectivity index (χ4n) is 3.42. The molecule has 0 saturated carbocycles. The summed E-state index contributed by atoms with van der Waals surface area (Å²) in [5.41, 5.74) is 1.19. The molecule has 4 aromatic rings. The Morgan fingerprint density at radius 1 is 1.27 bits per heavy atom. The lowest BCUT2D eigenvalue weighted by atomic mass is 10.1. The number of H-pyrrole nitrogens is 1. The maximum Gasteiger partial charge on any atom is 0.216 e. The molecular formula is C16H14N4O2. The van der Waals surface area contributed by atoms with E-state index >= 15 is 0 Å². The average Bonchev–Trinajstić information content (AvgIpc) is 3.19. The van der Waals surface area contributed by atoms with Gasteiger partial charge in [-0.25, -0.2) is 9.67 Å². The molecule has 1 unspecified atom stereocenters. The minimum absolute atomic E-state index is 0.0563. The maximum absolute atomic E-state index is 12.7. The van der Waals surface area contributed by atoms with Crippen molar-refractivity contribution in [3.63, 3.8) is 0 Å². The van der Waals surface area contributed by atoms with Crippen LogP contribution in [0.3, 0.4) is 0 Å². The predicted molar refractivity (Wildman–Crippen MR) is 83.2 cm³/mol. The number of rotatable bonds is 1. The van der Waals surface area contributed by atoms with Crippen molar-refractivity contribution in [2.45, 2.75) is 25.5 Å². The molecule has 3 aromatic heterocycles. The number of aromatic nitrogens is 4. The molecule has 4 heterocycles. The van der Waals surface area contributed by atoms with E-state index in [4.69, 9.17) is 4.74 Å². The van der Waals surface area contributed by atoms with Gasteiger partial charge in [0.25, 0.3) is 0 Å². The van der Waals surface area contributed by atoms with Gasteiger partial charge in [0.2, 0.25) is 5.43 Å². The minimum atomic E-state index is -0.0644. The smallest absolute Gasteiger partial charge is 0.216 e. The Morgan fingerprint density at radius 2 is 2.23 bits per heavy atom. The summed E-state index contributed by atoms with van der Waals surface area (Å²) < 4.78 is 7.59. The number of nitrogens with zero attached hydrogens (tertiary/aromatic N) is 3. The van der Waals surface area contributed by atoms with E-state index in [9.17, 15) is 4.79 Å². The Morgan fingerprint density at radius 3 is 3.09 bits per heavy atom. The largest absolute Gasteiger partial charge is 0.357 e. The third kappa shape index (κ3) is 1.50. The standard InChI is InChI=1S/C16H14N4O2/c21-15-10-7-18-16-13(10)9(4-5-17-16)11-8-20(19-14(11)15)12-3-1-2-6-22-12/h4-5,7-8,12H,1-3,6H2,(H,17,18). The molecular weight excluding hydrogens is 280 g/mol. The number of benzene rings is 1. The van der Waals surface area contributed by atoms with Crippen molar-refractivity contribution in [1.82, 2.24) is 19.7 Å². The van der Waals surface area contributed by atoms with Gasteiger partial charge in [0.15, 0.2) is 0 Å². The molecule has 1 saturated heterocycles. The molecule has 0 bridgehead atoms. The van der Waals surface area contributed by atoms with Crippen LogP contribution in [0, 0.1) is 0 Å². The fraction of sp³-hybridized carbons (Fsp3) is 0.312. The molecule has 5 rings (SSSR count). The maximum atomic E-state index is 12.7. The van der Waals surface area contributed by atoms with E-state index < -0.39 is 0 Å². The molecule has 1 aliphatic rings. The molecule has 6 nitrogen and oxygen atoms in total. The molecule has 1 N–H and O–H groups in total. The molecule has 0 radical (unpaired) electrons. The second-order valence-electron chi connectivity index (χ2n) is 5.81. The molecule has 0 amide bonds. The Labute approximate surface area is 125 Å². The first-order valence-corrected chi connectivity index (χ1v) is 7.55. The van der Waals surface area contributed by atoms with E-state index in [2.05, 4.69) is 15.1 Å². The molecule has 1 atom stereocenters. The summed E-state index contributed by atoms with van der Waals surface area (Å²) in [5, 5.41) is 7.93. The minimum Gasteiger partial charge on any atom is -0.357 e. The van der Waals surface area contributed by atoms with Gasteiger partial charge in [0.1, 0.15) is 17.4 Å². The number of nitrogens with one attached hydrogen (secondary N) is 1. The van der Waals surface area contributed by atoms with Gasteiger partial charge in [-0.2, -0.15) is 5.10 Å². The highest BCUT2D eigenvalue weighted by Gasteiger charge is 2.21. The molecule has 1 aromatic carbocycles. The topological polar surface area (TPSA) is 72.8 Å². The van der Waals surface area contributed by atoms with Crippen LogP contribution in [-0.2, 0) is 4.74 Å². The van der Waals surface area contributed by atoms with Gasteiger partial charge in [-0.05, 0) is 30.7 Å². The van der Waals surface area contributed by atoms with Crippen LogP contribution in [0.25, 0.3) is 32.7 Å². The lowest BCUT2D eigenvalue weighted by Gasteiger charge is -2.22. The predicted octanol–water partition coefficient (Wildman–Crippen LogP) is 2.56. The average molecular weight is 294 g/mol. The van der Waals surface area contributed by atoms with Crippen LogP contribution in [0.15, 0.2) is 29.5 Å². The van der Waals surface area contributed by atoms with E-state index in [1.807, 2.05) is 23.1 Å². The Bertz CT molecular complexity index is 1040. The van der Waals surface area contributed by atoms with Gasteiger partial charge in [0.05, 0.1) is 5.39 Å². The van der Waals surface area contributed by atoms with E-state index in [0.717, 1.165) is 47.7 Å². The third-order valence-electron chi connectivity index (χ3n) is 4.50. The van der Waals surface area contributed by atoms with Crippen molar-refractivity contribution < 1.29 is 4.74 Å². The van der Waals surface area contributed by atoms with Gasteiger partial charge in [0, 0.05) is 36.0 Å². The van der Waals surface area contributed by atoms with Crippen LogP contribution in [0.4, 0.5) is 0 Å². The number of hydrogen-bond acceptors (Lipinski definition) is 4. The number of hydrogen-bond donors (Lipinski definition) is 1. The van der Waals surface area contributed by atoms with Crippen molar-refractivity contribution in [2.75, 3.05) is 6.61 Å². The Hall–Kier alpha value is -2.47. The summed E-state index contributed by atoms with van der Waals surface area (Å²) >= 11 is 0. The van der Waals surface area contributed by atoms with Crippen molar-refractivity contribution in [3.8, 4) is 0 Å². The van der Waals surface area contributed by atoms with E-state index in [-0.39, 0.29) is 11.7 Å². The van der Waals surface area contributed by atoms with E-state index in [1.165, 1.54) is 0 Å². The lowest BCUT2D eigenvalue weighted by molar-refractivity contribution is -0.0390. The van der Waals surface area contributed by atoms with E-state index in [0.29, 0.717) is 10.9 Å². The molecule has 0 spiro atoms. The zero-order valence-electron chi connectivity index (χ0n) is 11.9. The number of fused-ring (bicyclic) bond motifs is 2. The van der Waals surface area contributed by atoms with Crippen LogP contribution in [-0.4, -0.2) is 26.4 Å². The second-order valence-corrected chi connectivity index (χ2v) is 5.81. The zero-order chi connectivity index (χ0) is 14.7. The van der Waals surface area contributed by atoms with Gasteiger partial charge >= 0.3 is 0 Å². The lowest BCUT2D eigenvalue weighted by Crippen LogP contribution is -2.18.